The summed E-state index contributed by atoms with van der Waals surface area (Å²) in [5.41, 5.74) is 83.8. The largest absolute Gasteiger partial charge is 0.386 e. The van der Waals surface area contributed by atoms with Crippen LogP contribution in [0.3, 0.4) is 0 Å². The molecule has 0 radical (unpaired) electrons. The van der Waals surface area contributed by atoms with Gasteiger partial charge in [0.05, 0.1) is 0 Å². The lowest BCUT2D eigenvalue weighted by Crippen LogP contribution is -2.30. The molecule has 0 aromatic carbocycles. The van der Waals surface area contributed by atoms with E-state index in [0.717, 1.165) is 9.80 Å². The molecule has 308 valence electrons. The average Bonchev–Trinajstić information content (AvgIpc) is 3.80. The Morgan fingerprint density at radius 3 is 0.864 bits per heavy atom. The molecule has 0 spiro atoms. The van der Waals surface area contributed by atoms with E-state index in [1.807, 2.05) is 0 Å². The van der Waals surface area contributed by atoms with E-state index in [0.29, 0.717) is 38.5 Å². The Morgan fingerprint density at radius 2 is 0.606 bits per heavy atom. The van der Waals surface area contributed by atoms with Gasteiger partial charge >= 0.3 is 17.9 Å². The van der Waals surface area contributed by atoms with Gasteiger partial charge in [-0.05, 0) is 124 Å². The lowest BCUT2D eigenvalue weighted by molar-refractivity contribution is -0.154. The van der Waals surface area contributed by atoms with Gasteiger partial charge in [0.2, 0.25) is 0 Å². The van der Waals surface area contributed by atoms with Gasteiger partial charge in [0, 0.05) is 148 Å². The zero-order valence-electron chi connectivity index (χ0n) is 34.7. The fraction of sp³-hybridized carbons (Fsp3) is 0.179. The van der Waals surface area contributed by atoms with Gasteiger partial charge in [0.1, 0.15) is 0 Å². The van der Waals surface area contributed by atoms with Crippen LogP contribution in [0, 0.1) is 0 Å². The number of ether oxygens (including phenoxy) is 2. The van der Waals surface area contributed by atoms with Crippen molar-refractivity contribution in [1.82, 2.24) is 9.80 Å². The zero-order chi connectivity index (χ0) is 47.6. The van der Waals surface area contributed by atoms with Gasteiger partial charge in [-0.3, -0.25) is 38.6 Å². The highest BCUT2D eigenvalue weighted by Crippen LogP contribution is 2.12. The molecule has 0 fully saturated rings. The topological polar surface area (TPSA) is 127 Å². The molecule has 0 aliphatic carbocycles. The van der Waals surface area contributed by atoms with Crippen LogP contribution in [-0.4, -0.2) is 58.5 Å². The highest BCUT2D eigenvalue weighted by molar-refractivity contribution is 6.13. The second kappa shape index (κ2) is 34.8. The van der Waals surface area contributed by atoms with Crippen LogP contribution in [0.2, 0.25) is 0 Å². The molecule has 0 N–H and O–H groups in total. The van der Waals surface area contributed by atoms with Gasteiger partial charge in [-0.25, -0.2) is 0 Å². The Balaban J connectivity index is 2.19. The molecular weight excluding hydrogens is 829 g/mol. The lowest BCUT2D eigenvalue weighted by atomic mass is 10.2. The summed E-state index contributed by atoms with van der Waals surface area (Å²) >= 11 is 0. The van der Waals surface area contributed by atoms with Crippen molar-refractivity contribution in [2.24, 2.45) is 0 Å². The lowest BCUT2D eigenvalue weighted by Gasteiger charge is -2.13. The molecule has 2 aliphatic heterocycles. The maximum Gasteiger partial charge on any atom is 0.352 e. The van der Waals surface area contributed by atoms with Crippen molar-refractivity contribution in [3.8, 4) is 0 Å². The maximum atomic E-state index is 12.5. The molecule has 66 heavy (non-hydrogen) atoms. The first-order valence-corrected chi connectivity index (χ1v) is 19.0. The third kappa shape index (κ3) is 26.1. The summed E-state index contributed by atoms with van der Waals surface area (Å²) in [4.78, 5) is 73.9. The number of hydrogen-bond donors (Lipinski definition) is 0. The summed E-state index contributed by atoms with van der Waals surface area (Å²) in [6.45, 7) is 3.75. The van der Waals surface area contributed by atoms with Crippen LogP contribution in [0.15, 0.2) is 232 Å². The van der Waals surface area contributed by atoms with Gasteiger partial charge in [0.25, 0.3) is 23.6 Å². The van der Waals surface area contributed by atoms with Crippen molar-refractivity contribution in [2.45, 2.75) is 51.4 Å². The normalized spacial score (nSPS) is 9.39. The number of hydrogen-bond acceptors (Lipinski definition) is 8. The first-order valence-electron chi connectivity index (χ1n) is 19.0. The molecule has 10 heteroatoms. The number of carbonyl (C=O) groups excluding carboxylic acids is 6. The van der Waals surface area contributed by atoms with Gasteiger partial charge in [0.15, 0.2) is 0 Å². The molecule has 0 aromatic rings. The highest BCUT2D eigenvalue weighted by Gasteiger charge is 2.23. The van der Waals surface area contributed by atoms with Crippen LogP contribution in [0.4, 0.5) is 0 Å². The molecule has 2 heterocycles. The fourth-order valence-electron chi connectivity index (χ4n) is 4.18. The van der Waals surface area contributed by atoms with Crippen LogP contribution in [0.1, 0.15) is 51.4 Å². The predicted molar refractivity (Wildman–Crippen MR) is 229 cm³/mol. The number of carbonyl (C=O) groups is 6. The third-order valence-electron chi connectivity index (χ3n) is 6.93. The third-order valence-corrected chi connectivity index (χ3v) is 6.93. The molecule has 0 unspecified atom stereocenters. The highest BCUT2D eigenvalue weighted by atomic mass is 16.7. The SMILES string of the molecule is C=C=C=C=C=C=C=C=C=C=C=C=C=C=C=C=C=C=C=C=C=C=C=C=C=C=C=C=C=C=C=C=C=C=C=C(OC(=O)CCCCCN1C(=O)C=CC1=O)OC(=O)CCCCCN1C(=O)C=CC1=O. The molecule has 2 aliphatic rings. The quantitative estimate of drug-likeness (QED) is 0.0615. The smallest absolute Gasteiger partial charge is 0.352 e. The molecule has 10 nitrogen and oxygen atoms in total. The van der Waals surface area contributed by atoms with Crippen molar-refractivity contribution < 1.29 is 38.2 Å². The second-order valence-electron chi connectivity index (χ2n) is 11.5. The van der Waals surface area contributed by atoms with Crippen LogP contribution < -0.4 is 0 Å². The summed E-state index contributed by atoms with van der Waals surface area (Å²) in [6, 6.07) is 0. The van der Waals surface area contributed by atoms with E-state index in [-0.39, 0.29) is 49.6 Å². The second-order valence-corrected chi connectivity index (χ2v) is 11.5. The summed E-state index contributed by atoms with van der Waals surface area (Å²) in [7, 11) is 0. The minimum atomic E-state index is -0.723. The molecule has 0 bridgehead atoms. The number of amides is 4. The van der Waals surface area contributed by atoms with Crippen LogP contribution >= 0.6 is 0 Å². The van der Waals surface area contributed by atoms with Crippen molar-refractivity contribution >= 4 is 35.6 Å². The minimum Gasteiger partial charge on any atom is -0.386 e. The first kappa shape index (κ1) is 51.1. The van der Waals surface area contributed by atoms with Gasteiger partial charge < -0.3 is 9.47 Å². The Kier molecular flexibility index (Phi) is 26.9. The number of esters is 2. The van der Waals surface area contributed by atoms with Crippen LogP contribution in [-0.2, 0) is 38.2 Å². The van der Waals surface area contributed by atoms with Crippen molar-refractivity contribution in [2.75, 3.05) is 13.1 Å². The van der Waals surface area contributed by atoms with E-state index in [2.05, 4.69) is 201 Å². The van der Waals surface area contributed by atoms with Gasteiger partial charge in [-0.2, -0.15) is 0 Å². The van der Waals surface area contributed by atoms with Gasteiger partial charge in [-0.15, -0.1) is 0 Å². The standard InChI is InChI=1S/C56H26N2O8/c1-2-3-4-5-6-7-8-9-10-11-12-13-14-15-16-17-18-19-20-21-22-23-24-25-26-27-28-29-30-31-32-33-38-43-56(65-54(63)41-36-34-39-48-57-50(59)44-45-51(57)60)66-55(64)42-37-35-40-49-58-52(61)46-47-53(58)62/h44-47H,1,34-37,39-42,48-49H2. The van der Waals surface area contributed by atoms with Crippen LogP contribution in [0.5, 0.6) is 0 Å². The van der Waals surface area contributed by atoms with Crippen molar-refractivity contribution in [1.29, 1.82) is 0 Å². The fourth-order valence-corrected chi connectivity index (χ4v) is 4.18. The molecule has 0 saturated carbocycles. The molecular formula is C56H26N2O8. The summed E-state index contributed by atoms with van der Waals surface area (Å²) in [6.07, 6.45) is 7.43. The minimum absolute atomic E-state index is 0.0535. The summed E-state index contributed by atoms with van der Waals surface area (Å²) < 4.78 is 10.3. The number of imide groups is 2. The number of rotatable bonds is 14. The Morgan fingerprint density at radius 1 is 0.364 bits per heavy atom. The average molecular weight is 855 g/mol. The number of unbranched alkanes of at least 4 members (excludes halogenated alkanes) is 4. The van der Waals surface area contributed by atoms with E-state index in [4.69, 9.17) is 9.47 Å². The maximum absolute atomic E-state index is 12.5. The van der Waals surface area contributed by atoms with E-state index >= 15 is 0 Å². The molecule has 0 aromatic heterocycles. The van der Waals surface area contributed by atoms with Crippen molar-refractivity contribution in [3.63, 3.8) is 0 Å². The van der Waals surface area contributed by atoms with Crippen LogP contribution in [0.25, 0.3) is 0 Å². The number of nitrogens with zero attached hydrogens (tertiary/aromatic N) is 2. The monoisotopic (exact) mass is 854 g/mol. The van der Waals surface area contributed by atoms with E-state index in [1.54, 1.807) is 0 Å². The summed E-state index contributed by atoms with van der Waals surface area (Å²) in [5, 5.41) is 0. The van der Waals surface area contributed by atoms with E-state index in [9.17, 15) is 28.8 Å². The Bertz CT molecular complexity index is 3430. The molecule has 0 atom stereocenters. The van der Waals surface area contributed by atoms with E-state index in [1.165, 1.54) is 24.3 Å². The Hall–Kier alpha value is -11.0. The molecule has 0 saturated heterocycles. The Labute approximate surface area is 378 Å². The summed E-state index contributed by atoms with van der Waals surface area (Å²) in [5.74, 6) is -3.55. The van der Waals surface area contributed by atoms with Gasteiger partial charge in [-0.1, -0.05) is 18.6 Å². The van der Waals surface area contributed by atoms with Crippen molar-refractivity contribution in [3.05, 3.63) is 232 Å². The molecule has 2 rings (SSSR count). The predicted octanol–water partition coefficient (Wildman–Crippen LogP) is 6.79. The molecule has 4 amide bonds. The zero-order valence-corrected chi connectivity index (χ0v) is 34.7. The first-order chi connectivity index (χ1) is 32.3. The van der Waals surface area contributed by atoms with E-state index < -0.39 is 17.9 Å².